The number of aromatic nitrogens is 2. The van der Waals surface area contributed by atoms with Crippen molar-refractivity contribution in [2.45, 2.75) is 37.8 Å². The van der Waals surface area contributed by atoms with Gasteiger partial charge in [-0.3, -0.25) is 4.90 Å². The Hall–Kier alpha value is -0.910. The second kappa shape index (κ2) is 6.24. The first-order chi connectivity index (χ1) is 9.78. The molecule has 0 aromatic carbocycles. The number of halogens is 1. The third-order valence-corrected chi connectivity index (χ3v) is 4.59. The van der Waals surface area contributed by atoms with Gasteiger partial charge in [-0.15, -0.1) is 0 Å². The Bertz CT molecular complexity index is 441. The largest absolute Gasteiger partial charge is 0.395 e. The molecular weight excluding hydrogens is 276 g/mol. The molecule has 0 aliphatic carbocycles. The lowest BCUT2D eigenvalue weighted by molar-refractivity contribution is 0.153. The maximum atomic E-state index is 9.43. The second-order valence-corrected chi connectivity index (χ2v) is 6.10. The number of rotatable bonds is 4. The van der Waals surface area contributed by atoms with E-state index in [2.05, 4.69) is 19.8 Å². The van der Waals surface area contributed by atoms with E-state index < -0.39 is 0 Å². The quantitative estimate of drug-likeness (QED) is 0.914. The van der Waals surface area contributed by atoms with Gasteiger partial charge in [-0.2, -0.15) is 0 Å². The number of hydrogen-bond acceptors (Lipinski definition) is 5. The summed E-state index contributed by atoms with van der Waals surface area (Å²) in [4.78, 5) is 13.4. The lowest BCUT2D eigenvalue weighted by Crippen LogP contribution is -2.44. The minimum absolute atomic E-state index is 0.268. The van der Waals surface area contributed by atoms with E-state index in [9.17, 15) is 5.11 Å². The van der Waals surface area contributed by atoms with E-state index in [1.807, 2.05) is 0 Å². The first-order valence-electron chi connectivity index (χ1n) is 7.37. The van der Waals surface area contributed by atoms with E-state index in [0.717, 1.165) is 32.0 Å². The predicted octanol–water partition coefficient (Wildman–Crippen LogP) is 1.56. The minimum atomic E-state index is 0.268. The summed E-state index contributed by atoms with van der Waals surface area (Å²) in [5, 5.41) is 10.0. The maximum Gasteiger partial charge on any atom is 0.225 e. The SMILES string of the molecule is OC[C@H]1CCCN1C[C@H]1CCCN1c1ncc(Cl)cn1. The van der Waals surface area contributed by atoms with Crippen LogP contribution in [0.3, 0.4) is 0 Å². The molecule has 3 rings (SSSR count). The third-order valence-electron chi connectivity index (χ3n) is 4.40. The first-order valence-corrected chi connectivity index (χ1v) is 7.75. The Balaban J connectivity index is 1.67. The van der Waals surface area contributed by atoms with Crippen molar-refractivity contribution in [1.82, 2.24) is 14.9 Å². The van der Waals surface area contributed by atoms with Crippen molar-refractivity contribution in [1.29, 1.82) is 0 Å². The highest BCUT2D eigenvalue weighted by molar-refractivity contribution is 6.30. The van der Waals surface area contributed by atoms with Crippen molar-refractivity contribution < 1.29 is 5.11 Å². The fraction of sp³-hybridized carbons (Fsp3) is 0.714. The monoisotopic (exact) mass is 296 g/mol. The van der Waals surface area contributed by atoms with Gasteiger partial charge in [0.25, 0.3) is 0 Å². The van der Waals surface area contributed by atoms with E-state index in [4.69, 9.17) is 11.6 Å². The van der Waals surface area contributed by atoms with E-state index in [-0.39, 0.29) is 6.61 Å². The molecular formula is C14H21ClN4O. The molecule has 110 valence electrons. The molecule has 20 heavy (non-hydrogen) atoms. The van der Waals surface area contributed by atoms with Gasteiger partial charge in [0.1, 0.15) is 0 Å². The van der Waals surface area contributed by atoms with Crippen molar-refractivity contribution >= 4 is 17.5 Å². The molecule has 6 heteroatoms. The summed E-state index contributed by atoms with van der Waals surface area (Å²) in [6.07, 6.45) is 7.96. The molecule has 3 heterocycles. The van der Waals surface area contributed by atoms with Crippen LogP contribution in [0.4, 0.5) is 5.95 Å². The highest BCUT2D eigenvalue weighted by atomic mass is 35.5. The van der Waals surface area contributed by atoms with Gasteiger partial charge in [0.05, 0.1) is 24.0 Å². The van der Waals surface area contributed by atoms with Gasteiger partial charge in [-0.25, -0.2) is 9.97 Å². The van der Waals surface area contributed by atoms with Crippen LogP contribution in [0.25, 0.3) is 0 Å². The van der Waals surface area contributed by atoms with Crippen LogP contribution < -0.4 is 4.90 Å². The van der Waals surface area contributed by atoms with Crippen LogP contribution in [0.15, 0.2) is 12.4 Å². The molecule has 2 aliphatic rings. The Kier molecular flexibility index (Phi) is 4.38. The molecule has 0 spiro atoms. The molecule has 1 aromatic heterocycles. The summed E-state index contributed by atoms with van der Waals surface area (Å²) in [7, 11) is 0. The van der Waals surface area contributed by atoms with Gasteiger partial charge in [0.2, 0.25) is 5.95 Å². The van der Waals surface area contributed by atoms with E-state index in [1.54, 1.807) is 12.4 Å². The van der Waals surface area contributed by atoms with Gasteiger partial charge in [0, 0.05) is 25.2 Å². The van der Waals surface area contributed by atoms with Crippen LogP contribution in [0.2, 0.25) is 5.02 Å². The first kappa shape index (κ1) is 14.0. The average Bonchev–Trinajstić information content (AvgIpc) is 3.09. The highest BCUT2D eigenvalue weighted by Gasteiger charge is 2.32. The number of anilines is 1. The van der Waals surface area contributed by atoms with E-state index in [0.29, 0.717) is 17.1 Å². The van der Waals surface area contributed by atoms with Crippen LogP contribution in [-0.2, 0) is 0 Å². The molecule has 2 fully saturated rings. The van der Waals surface area contributed by atoms with Crippen molar-refractivity contribution in [3.05, 3.63) is 17.4 Å². The summed E-state index contributed by atoms with van der Waals surface area (Å²) in [6, 6.07) is 0.784. The maximum absolute atomic E-state index is 9.43. The zero-order valence-electron chi connectivity index (χ0n) is 11.6. The zero-order chi connectivity index (χ0) is 13.9. The average molecular weight is 297 g/mol. The lowest BCUT2D eigenvalue weighted by atomic mass is 10.2. The number of aliphatic hydroxyl groups is 1. The normalized spacial score (nSPS) is 27.4. The molecule has 1 aromatic rings. The zero-order valence-corrected chi connectivity index (χ0v) is 12.3. The molecule has 0 bridgehead atoms. The van der Waals surface area contributed by atoms with Crippen molar-refractivity contribution in [3.8, 4) is 0 Å². The molecule has 1 N–H and O–H groups in total. The van der Waals surface area contributed by atoms with Crippen LogP contribution in [0.1, 0.15) is 25.7 Å². The van der Waals surface area contributed by atoms with Gasteiger partial charge >= 0.3 is 0 Å². The van der Waals surface area contributed by atoms with E-state index in [1.165, 1.54) is 19.3 Å². The highest BCUT2D eigenvalue weighted by Crippen LogP contribution is 2.26. The van der Waals surface area contributed by atoms with Crippen molar-refractivity contribution in [3.63, 3.8) is 0 Å². The Morgan fingerprint density at radius 3 is 2.60 bits per heavy atom. The minimum Gasteiger partial charge on any atom is -0.395 e. The van der Waals surface area contributed by atoms with E-state index >= 15 is 0 Å². The molecule has 0 saturated carbocycles. The van der Waals surface area contributed by atoms with Crippen LogP contribution >= 0.6 is 11.6 Å². The fourth-order valence-electron chi connectivity index (χ4n) is 3.36. The number of nitrogens with zero attached hydrogens (tertiary/aromatic N) is 4. The van der Waals surface area contributed by atoms with Crippen molar-refractivity contribution in [2.75, 3.05) is 31.1 Å². The van der Waals surface area contributed by atoms with Gasteiger partial charge in [-0.05, 0) is 32.2 Å². The fourth-order valence-corrected chi connectivity index (χ4v) is 3.45. The molecule has 0 unspecified atom stereocenters. The lowest BCUT2D eigenvalue weighted by Gasteiger charge is -2.31. The summed E-state index contributed by atoms with van der Waals surface area (Å²) >= 11 is 5.85. The molecule has 0 amide bonds. The summed E-state index contributed by atoms with van der Waals surface area (Å²) < 4.78 is 0. The standard InChI is InChI=1S/C14H21ClN4O/c15-11-7-16-14(17-8-11)19-6-2-3-12(19)9-18-5-1-4-13(18)10-20/h7-8,12-13,20H,1-6,9-10H2/t12-,13-/m1/s1. The summed E-state index contributed by atoms with van der Waals surface area (Å²) in [5.41, 5.74) is 0. The Morgan fingerprint density at radius 2 is 1.85 bits per heavy atom. The van der Waals surface area contributed by atoms with Gasteiger partial charge in [-0.1, -0.05) is 11.6 Å². The molecule has 2 aliphatic heterocycles. The summed E-state index contributed by atoms with van der Waals surface area (Å²) in [5.74, 6) is 0.775. The van der Waals surface area contributed by atoms with Crippen molar-refractivity contribution in [2.24, 2.45) is 0 Å². The van der Waals surface area contributed by atoms with Crippen LogP contribution in [0.5, 0.6) is 0 Å². The summed E-state index contributed by atoms with van der Waals surface area (Å²) in [6.45, 7) is 3.36. The number of hydrogen-bond donors (Lipinski definition) is 1. The molecule has 5 nitrogen and oxygen atoms in total. The molecule has 2 atom stereocenters. The van der Waals surface area contributed by atoms with Crippen LogP contribution in [0, 0.1) is 0 Å². The smallest absolute Gasteiger partial charge is 0.225 e. The van der Waals surface area contributed by atoms with Gasteiger partial charge < -0.3 is 10.0 Å². The molecule has 0 radical (unpaired) electrons. The molecule has 2 saturated heterocycles. The van der Waals surface area contributed by atoms with Gasteiger partial charge in [0.15, 0.2) is 0 Å². The third kappa shape index (κ3) is 2.90. The number of aliphatic hydroxyl groups excluding tert-OH is 1. The Labute approximate surface area is 124 Å². The second-order valence-electron chi connectivity index (χ2n) is 5.66. The topological polar surface area (TPSA) is 52.5 Å². The van der Waals surface area contributed by atoms with Crippen LogP contribution in [-0.4, -0.2) is 58.3 Å². The predicted molar refractivity (Wildman–Crippen MR) is 79.1 cm³/mol. The Morgan fingerprint density at radius 1 is 1.15 bits per heavy atom. The number of likely N-dealkylation sites (tertiary alicyclic amines) is 1.